The third-order valence-electron chi connectivity index (χ3n) is 17.2. The second kappa shape index (κ2) is 21.6. The average Bonchev–Trinajstić information content (AvgIpc) is 0.811. The summed E-state index contributed by atoms with van der Waals surface area (Å²) in [5, 5.41) is 2.38. The van der Waals surface area contributed by atoms with E-state index in [9.17, 15) is 0 Å². The van der Waals surface area contributed by atoms with Gasteiger partial charge in [-0.1, -0.05) is 228 Å². The van der Waals surface area contributed by atoms with Crippen LogP contribution in [0.5, 0.6) is 0 Å². The Kier molecular flexibility index (Phi) is 13.1. The van der Waals surface area contributed by atoms with Crippen LogP contribution in [0, 0.1) is 0 Å². The van der Waals surface area contributed by atoms with Gasteiger partial charge in [0.1, 0.15) is 0 Å². The van der Waals surface area contributed by atoms with E-state index >= 15 is 0 Å². The van der Waals surface area contributed by atoms with Gasteiger partial charge in [-0.25, -0.2) is 15.0 Å². The predicted molar refractivity (Wildman–Crippen MR) is 366 cm³/mol. The van der Waals surface area contributed by atoms with E-state index in [0.717, 1.165) is 95.2 Å². The number of allylic oxidation sites excluding steroid dienone is 4. The Morgan fingerprint density at radius 2 is 0.966 bits per heavy atom. The molecule has 2 aliphatic rings. The summed E-state index contributed by atoms with van der Waals surface area (Å²) in [6.45, 7) is 13.1. The number of aromatic nitrogens is 4. The van der Waals surface area contributed by atoms with Gasteiger partial charge < -0.3 is 14.4 Å². The van der Waals surface area contributed by atoms with Crippen LogP contribution in [0.25, 0.3) is 95.0 Å². The lowest BCUT2D eigenvalue weighted by atomic mass is 9.33. The minimum Gasteiger partial charge on any atom is -0.311 e. The van der Waals surface area contributed by atoms with Crippen LogP contribution >= 0.6 is 0 Å². The molecular weight excluding hydrogens is 1060 g/mol. The Morgan fingerprint density at radius 3 is 1.64 bits per heavy atom. The first-order valence-electron chi connectivity index (χ1n) is 29.9. The number of hydrogen-bond acceptors (Lipinski definition) is 5. The van der Waals surface area contributed by atoms with E-state index in [1.807, 2.05) is 42.5 Å². The maximum Gasteiger partial charge on any atom is 0.252 e. The van der Waals surface area contributed by atoms with Gasteiger partial charge in [0.2, 0.25) is 0 Å². The molecule has 2 aromatic heterocycles. The lowest BCUT2D eigenvalue weighted by molar-refractivity contribution is 0.591. The molecule has 0 saturated heterocycles. The van der Waals surface area contributed by atoms with Crippen LogP contribution < -0.4 is 26.2 Å². The molecule has 2 aliphatic heterocycles. The first-order valence-corrected chi connectivity index (χ1v) is 29.9. The summed E-state index contributed by atoms with van der Waals surface area (Å²) >= 11 is 0. The van der Waals surface area contributed by atoms with E-state index < -0.39 is 0 Å². The Hall–Kier alpha value is -10.9. The second-order valence-corrected chi connectivity index (χ2v) is 23.5. The van der Waals surface area contributed by atoms with Crippen molar-refractivity contribution in [3.8, 4) is 73.2 Å². The van der Waals surface area contributed by atoms with Gasteiger partial charge >= 0.3 is 0 Å². The summed E-state index contributed by atoms with van der Waals surface area (Å²) in [6, 6.07) is 94.4. The maximum absolute atomic E-state index is 5.39. The fraction of sp³-hybridized carbons (Fsp3) is 0.0625. The second-order valence-electron chi connectivity index (χ2n) is 23.5. The number of anilines is 5. The highest BCUT2D eigenvalue weighted by atomic mass is 15.2. The predicted octanol–water partition coefficient (Wildman–Crippen LogP) is 18.7. The molecule has 7 heteroatoms. The van der Waals surface area contributed by atoms with Crippen LogP contribution in [0.1, 0.15) is 33.3 Å². The minimum atomic E-state index is -0.0516. The smallest absolute Gasteiger partial charge is 0.252 e. The topological polar surface area (TPSA) is 50.1 Å². The van der Waals surface area contributed by atoms with Gasteiger partial charge in [0.15, 0.2) is 17.5 Å². The SMILES string of the molecule is C=C/C=C(\C=C/C)N1c2ccccc2B2c3ccccc3N(c3ccccc3)c3cc(-c4cccc(-c5cccc(-c6cccc(-c7nc(-c8ccccc8)nc(-c8ccccc8)n7)c6-n6c7ccccc7c7cc(C(C)(C)C)ccc76)c5)c4)cc1c32. The number of hydrogen-bond donors (Lipinski definition) is 0. The Balaban J connectivity index is 0.936. The van der Waals surface area contributed by atoms with Crippen molar-refractivity contribution < 1.29 is 0 Å². The van der Waals surface area contributed by atoms with Crippen molar-refractivity contribution in [2.24, 2.45) is 0 Å². The van der Waals surface area contributed by atoms with Crippen LogP contribution in [-0.2, 0) is 5.41 Å². The third-order valence-corrected chi connectivity index (χ3v) is 17.2. The Labute approximate surface area is 509 Å². The highest BCUT2D eigenvalue weighted by molar-refractivity contribution is 7.00. The van der Waals surface area contributed by atoms with Crippen molar-refractivity contribution in [3.05, 3.63) is 303 Å². The molecule has 0 saturated carbocycles. The van der Waals surface area contributed by atoms with Crippen LogP contribution in [0.4, 0.5) is 28.4 Å². The van der Waals surface area contributed by atoms with E-state index in [1.54, 1.807) is 0 Å². The monoisotopic (exact) mass is 1120 g/mol. The summed E-state index contributed by atoms with van der Waals surface area (Å²) in [5.74, 6) is 1.81. The lowest BCUT2D eigenvalue weighted by Gasteiger charge is -2.44. The average molecular weight is 1120 g/mol. The molecule has 0 bridgehead atoms. The quantitative estimate of drug-likeness (QED) is 0.0954. The first kappa shape index (κ1) is 52.9. The fourth-order valence-electron chi connectivity index (χ4n) is 13.2. The molecule has 0 N–H and O–H groups in total. The molecule has 15 rings (SSSR count). The fourth-order valence-corrected chi connectivity index (χ4v) is 13.2. The number of fused-ring (bicyclic) bond motifs is 7. The minimum absolute atomic E-state index is 0.00569. The normalized spacial score (nSPS) is 12.8. The van der Waals surface area contributed by atoms with Crippen molar-refractivity contribution in [3.63, 3.8) is 0 Å². The first-order chi connectivity index (χ1) is 42.7. The maximum atomic E-state index is 5.39. The van der Waals surface area contributed by atoms with Crippen molar-refractivity contribution in [2.75, 3.05) is 9.80 Å². The molecule has 11 aromatic carbocycles. The summed E-state index contributed by atoms with van der Waals surface area (Å²) in [5.41, 5.74) is 24.3. The molecule has 414 valence electrons. The van der Waals surface area contributed by atoms with Crippen LogP contribution in [0.15, 0.2) is 297 Å². The van der Waals surface area contributed by atoms with E-state index in [-0.39, 0.29) is 12.1 Å². The van der Waals surface area contributed by atoms with Crippen LogP contribution in [0.3, 0.4) is 0 Å². The van der Waals surface area contributed by atoms with Gasteiger partial charge in [0.25, 0.3) is 6.71 Å². The molecule has 13 aromatic rings. The molecule has 0 radical (unpaired) electrons. The third kappa shape index (κ3) is 9.18. The zero-order valence-corrected chi connectivity index (χ0v) is 49.1. The molecular formula is C80H61BN6. The van der Waals surface area contributed by atoms with Gasteiger partial charge in [-0.05, 0) is 147 Å². The molecule has 4 heterocycles. The van der Waals surface area contributed by atoms with Crippen molar-refractivity contribution in [1.82, 2.24) is 19.5 Å². The van der Waals surface area contributed by atoms with Gasteiger partial charge in [-0.3, -0.25) is 0 Å². The van der Waals surface area contributed by atoms with E-state index in [1.165, 1.54) is 38.4 Å². The zero-order chi connectivity index (χ0) is 58.8. The van der Waals surface area contributed by atoms with Crippen molar-refractivity contribution >= 4 is 73.3 Å². The van der Waals surface area contributed by atoms with Crippen molar-refractivity contribution in [2.45, 2.75) is 33.1 Å². The van der Waals surface area contributed by atoms with Gasteiger partial charge in [0, 0.05) is 67.2 Å². The number of para-hydroxylation sites is 5. The number of nitrogens with zero attached hydrogens (tertiary/aromatic N) is 6. The number of benzene rings is 11. The van der Waals surface area contributed by atoms with E-state index in [4.69, 9.17) is 15.0 Å². The summed E-state index contributed by atoms with van der Waals surface area (Å²) in [6.07, 6.45) is 8.32. The van der Waals surface area contributed by atoms with E-state index in [2.05, 4.69) is 291 Å². The lowest BCUT2D eigenvalue weighted by Crippen LogP contribution is -2.61. The van der Waals surface area contributed by atoms with Gasteiger partial charge in [-0.2, -0.15) is 0 Å². The molecule has 0 fully saturated rings. The summed E-state index contributed by atoms with van der Waals surface area (Å²) < 4.78 is 2.45. The molecule has 0 unspecified atom stereocenters. The highest BCUT2D eigenvalue weighted by Gasteiger charge is 2.43. The summed E-state index contributed by atoms with van der Waals surface area (Å²) in [7, 11) is 0. The zero-order valence-electron chi connectivity index (χ0n) is 49.1. The Bertz CT molecular complexity index is 4840. The summed E-state index contributed by atoms with van der Waals surface area (Å²) in [4.78, 5) is 20.8. The largest absolute Gasteiger partial charge is 0.311 e. The highest BCUT2D eigenvalue weighted by Crippen LogP contribution is 2.47. The van der Waals surface area contributed by atoms with Crippen LogP contribution in [0.2, 0.25) is 0 Å². The van der Waals surface area contributed by atoms with E-state index in [0.29, 0.717) is 17.5 Å². The Morgan fingerprint density at radius 1 is 0.437 bits per heavy atom. The molecule has 0 atom stereocenters. The van der Waals surface area contributed by atoms with Gasteiger partial charge in [-0.15, -0.1) is 0 Å². The standard InChI is InChI=1S/C80H61BN6/c1-6-26-61(27-7-2)85-71-44-21-18-41-67(71)81-68-42-19-22-45-72(68)86(62-36-15-10-16-37-62)74-51-59(50-73(85)75(74)81)57-34-23-32-55(48-57)56-33-24-35-58(49-56)63-39-25-40-65(79-83-77(53-28-11-8-12-29-53)82-78(84-79)54-30-13-9-14-31-54)76(63)87-69-43-20-17-38-64(69)66-52-60(80(3,4)5)46-47-70(66)87/h6-52H,1H2,2-5H3/b27-7-,61-26+. The van der Waals surface area contributed by atoms with Gasteiger partial charge in [0.05, 0.1) is 16.7 Å². The van der Waals surface area contributed by atoms with Crippen LogP contribution in [-0.4, -0.2) is 26.2 Å². The molecule has 0 spiro atoms. The molecule has 0 amide bonds. The molecule has 6 nitrogen and oxygen atoms in total. The van der Waals surface area contributed by atoms with Crippen molar-refractivity contribution in [1.29, 1.82) is 0 Å². The number of rotatable bonds is 11. The molecule has 0 aliphatic carbocycles. The molecule has 87 heavy (non-hydrogen) atoms.